The van der Waals surface area contributed by atoms with Crippen LogP contribution in [0.2, 0.25) is 0 Å². The van der Waals surface area contributed by atoms with Gasteiger partial charge in [0.1, 0.15) is 5.75 Å². The van der Waals surface area contributed by atoms with Gasteiger partial charge in [-0.1, -0.05) is 0 Å². The van der Waals surface area contributed by atoms with Crippen molar-refractivity contribution >= 4 is 17.6 Å². The van der Waals surface area contributed by atoms with E-state index in [2.05, 4.69) is 19.2 Å². The topological polar surface area (TPSA) is 61.9 Å². The zero-order chi connectivity index (χ0) is 18.7. The van der Waals surface area contributed by atoms with Gasteiger partial charge in [-0.2, -0.15) is 0 Å². The maximum Gasteiger partial charge on any atom is 0.318 e. The van der Waals surface area contributed by atoms with Crippen molar-refractivity contribution < 1.29 is 14.3 Å². The van der Waals surface area contributed by atoms with Crippen LogP contribution in [0.3, 0.4) is 0 Å². The Kier molecular flexibility index (Phi) is 5.69. The van der Waals surface area contributed by atoms with Gasteiger partial charge in [-0.25, -0.2) is 4.79 Å². The van der Waals surface area contributed by atoms with Gasteiger partial charge in [0.2, 0.25) is 5.91 Å². The Hall–Kier alpha value is -2.24. The molecule has 1 aromatic carbocycles. The zero-order valence-electron chi connectivity index (χ0n) is 15.9. The summed E-state index contributed by atoms with van der Waals surface area (Å²) in [5, 5.41) is 3.07. The molecule has 0 saturated carbocycles. The second-order valence-electron chi connectivity index (χ2n) is 7.32. The molecule has 0 bridgehead atoms. The summed E-state index contributed by atoms with van der Waals surface area (Å²) in [6, 6.07) is 7.82. The summed E-state index contributed by atoms with van der Waals surface area (Å²) in [5.41, 5.74) is 0.843. The van der Waals surface area contributed by atoms with Crippen molar-refractivity contribution in [3.05, 3.63) is 24.3 Å². The van der Waals surface area contributed by atoms with Gasteiger partial charge in [0.15, 0.2) is 0 Å². The molecular formula is C20H29N3O3. The monoisotopic (exact) mass is 359 g/mol. The Morgan fingerprint density at radius 2 is 1.85 bits per heavy atom. The number of piperidine rings is 1. The van der Waals surface area contributed by atoms with E-state index in [9.17, 15) is 9.59 Å². The molecule has 6 nitrogen and oxygen atoms in total. The molecule has 3 rings (SSSR count). The first-order chi connectivity index (χ1) is 12.5. The van der Waals surface area contributed by atoms with Crippen LogP contribution in [-0.4, -0.2) is 48.1 Å². The third kappa shape index (κ3) is 3.94. The van der Waals surface area contributed by atoms with Gasteiger partial charge in [-0.05, 0) is 64.3 Å². The van der Waals surface area contributed by atoms with Crippen molar-refractivity contribution in [1.29, 1.82) is 0 Å². The van der Waals surface area contributed by atoms with Crippen LogP contribution in [0.1, 0.15) is 46.5 Å². The average molecular weight is 359 g/mol. The van der Waals surface area contributed by atoms with E-state index in [0.717, 1.165) is 24.3 Å². The molecule has 2 aliphatic rings. The van der Waals surface area contributed by atoms with E-state index in [0.29, 0.717) is 19.6 Å². The molecule has 1 N–H and O–H groups in total. The van der Waals surface area contributed by atoms with Gasteiger partial charge >= 0.3 is 6.03 Å². The molecule has 0 radical (unpaired) electrons. The molecule has 0 unspecified atom stereocenters. The first kappa shape index (κ1) is 18.5. The van der Waals surface area contributed by atoms with Crippen molar-refractivity contribution in [2.45, 2.75) is 64.6 Å². The Labute approximate surface area is 155 Å². The Morgan fingerprint density at radius 3 is 2.46 bits per heavy atom. The minimum Gasteiger partial charge on any atom is -0.494 e. The second-order valence-corrected chi connectivity index (χ2v) is 7.32. The molecule has 2 heterocycles. The standard InChI is InChI=1S/C20H29N3O3/c1-4-26-18-10-8-17(9-11-18)22-13-16(12-19(22)24)21-20(25)23-14(2)6-5-7-15(23)3/h8-11,14-16H,4-7,12-13H2,1-3H3,(H,21,25)/t14-,15-,16+/m0/s1. The molecule has 0 aromatic heterocycles. The number of likely N-dealkylation sites (tertiary alicyclic amines) is 1. The lowest BCUT2D eigenvalue weighted by atomic mass is 9.98. The first-order valence-corrected chi connectivity index (χ1v) is 9.61. The first-order valence-electron chi connectivity index (χ1n) is 9.61. The van der Waals surface area contributed by atoms with Crippen molar-refractivity contribution in [3.8, 4) is 5.75 Å². The van der Waals surface area contributed by atoms with Crippen LogP contribution in [0.5, 0.6) is 5.75 Å². The highest BCUT2D eigenvalue weighted by Crippen LogP contribution is 2.26. The average Bonchev–Trinajstić information content (AvgIpc) is 2.96. The van der Waals surface area contributed by atoms with Gasteiger partial charge in [0.05, 0.1) is 12.6 Å². The van der Waals surface area contributed by atoms with Crippen LogP contribution < -0.4 is 15.0 Å². The van der Waals surface area contributed by atoms with Crippen molar-refractivity contribution in [2.75, 3.05) is 18.1 Å². The van der Waals surface area contributed by atoms with Crippen LogP contribution in [0.4, 0.5) is 10.5 Å². The summed E-state index contributed by atoms with van der Waals surface area (Å²) < 4.78 is 5.45. The summed E-state index contributed by atoms with van der Waals surface area (Å²) in [6.45, 7) is 7.26. The fraction of sp³-hybridized carbons (Fsp3) is 0.600. The number of hydrogen-bond donors (Lipinski definition) is 1. The normalized spacial score (nSPS) is 26.1. The Balaban J connectivity index is 1.61. The highest BCUT2D eigenvalue weighted by molar-refractivity contribution is 5.96. The van der Waals surface area contributed by atoms with Crippen LogP contribution in [0.15, 0.2) is 24.3 Å². The summed E-state index contributed by atoms with van der Waals surface area (Å²) in [6.07, 6.45) is 3.59. The van der Waals surface area contributed by atoms with E-state index in [-0.39, 0.29) is 30.1 Å². The van der Waals surface area contributed by atoms with E-state index in [1.165, 1.54) is 6.42 Å². The van der Waals surface area contributed by atoms with Gasteiger partial charge in [-0.15, -0.1) is 0 Å². The van der Waals surface area contributed by atoms with E-state index in [4.69, 9.17) is 4.74 Å². The molecule has 26 heavy (non-hydrogen) atoms. The fourth-order valence-corrected chi connectivity index (χ4v) is 4.01. The highest BCUT2D eigenvalue weighted by Gasteiger charge is 2.35. The maximum absolute atomic E-state index is 12.7. The third-order valence-electron chi connectivity index (χ3n) is 5.34. The summed E-state index contributed by atoms with van der Waals surface area (Å²) in [5.74, 6) is 0.833. The molecule has 3 atom stereocenters. The lowest BCUT2D eigenvalue weighted by Crippen LogP contribution is -2.54. The number of nitrogens with one attached hydrogen (secondary N) is 1. The summed E-state index contributed by atoms with van der Waals surface area (Å²) in [4.78, 5) is 28.8. The predicted molar refractivity (Wildman–Crippen MR) is 102 cm³/mol. The maximum atomic E-state index is 12.7. The fourth-order valence-electron chi connectivity index (χ4n) is 4.01. The van der Waals surface area contributed by atoms with Gasteiger partial charge in [0.25, 0.3) is 0 Å². The number of amides is 3. The van der Waals surface area contributed by atoms with Crippen LogP contribution in [-0.2, 0) is 4.79 Å². The number of benzene rings is 1. The lowest BCUT2D eigenvalue weighted by Gasteiger charge is -2.39. The smallest absolute Gasteiger partial charge is 0.318 e. The zero-order valence-corrected chi connectivity index (χ0v) is 15.9. The molecule has 6 heteroatoms. The Bertz CT molecular complexity index is 636. The molecule has 2 saturated heterocycles. The SMILES string of the molecule is CCOc1ccc(N2C[C@H](NC(=O)N3[C@@H](C)CCC[C@@H]3C)CC2=O)cc1. The van der Waals surface area contributed by atoms with Gasteiger partial charge in [0, 0.05) is 30.7 Å². The van der Waals surface area contributed by atoms with Crippen LogP contribution in [0, 0.1) is 0 Å². The number of ether oxygens (including phenoxy) is 1. The van der Waals surface area contributed by atoms with Crippen LogP contribution in [0.25, 0.3) is 0 Å². The molecule has 142 valence electrons. The van der Waals surface area contributed by atoms with Crippen molar-refractivity contribution in [1.82, 2.24) is 10.2 Å². The number of carbonyl (C=O) groups excluding carboxylic acids is 2. The number of nitrogens with zero attached hydrogens (tertiary/aromatic N) is 2. The lowest BCUT2D eigenvalue weighted by molar-refractivity contribution is -0.117. The Morgan fingerprint density at radius 1 is 1.19 bits per heavy atom. The van der Waals surface area contributed by atoms with E-state index >= 15 is 0 Å². The quantitative estimate of drug-likeness (QED) is 0.898. The number of rotatable bonds is 4. The predicted octanol–water partition coefficient (Wildman–Crippen LogP) is 3.16. The molecule has 0 aliphatic carbocycles. The minimum absolute atomic E-state index is 0.0409. The van der Waals surface area contributed by atoms with E-state index < -0.39 is 0 Å². The minimum atomic E-state index is -0.150. The number of carbonyl (C=O) groups is 2. The number of urea groups is 1. The second kappa shape index (κ2) is 7.98. The molecule has 0 spiro atoms. The van der Waals surface area contributed by atoms with Crippen molar-refractivity contribution in [2.24, 2.45) is 0 Å². The summed E-state index contributed by atoms with van der Waals surface area (Å²) >= 11 is 0. The summed E-state index contributed by atoms with van der Waals surface area (Å²) in [7, 11) is 0. The van der Waals surface area contributed by atoms with Crippen LogP contribution >= 0.6 is 0 Å². The molecule has 2 aliphatic heterocycles. The molecular weight excluding hydrogens is 330 g/mol. The van der Waals surface area contributed by atoms with Gasteiger partial charge in [-0.3, -0.25) is 4.79 Å². The third-order valence-corrected chi connectivity index (χ3v) is 5.34. The van der Waals surface area contributed by atoms with E-state index in [1.54, 1.807) is 4.90 Å². The number of hydrogen-bond acceptors (Lipinski definition) is 3. The molecule has 3 amide bonds. The van der Waals surface area contributed by atoms with Gasteiger partial charge < -0.3 is 19.9 Å². The van der Waals surface area contributed by atoms with E-state index in [1.807, 2.05) is 36.1 Å². The number of anilines is 1. The largest absolute Gasteiger partial charge is 0.494 e. The molecule has 1 aromatic rings. The highest BCUT2D eigenvalue weighted by atomic mass is 16.5. The van der Waals surface area contributed by atoms with Crippen molar-refractivity contribution in [3.63, 3.8) is 0 Å². The molecule has 2 fully saturated rings.